The lowest BCUT2D eigenvalue weighted by molar-refractivity contribution is 0.800. The molecule has 0 atom stereocenters. The van der Waals surface area contributed by atoms with Crippen molar-refractivity contribution in [1.82, 2.24) is 9.13 Å². The van der Waals surface area contributed by atoms with Crippen LogP contribution < -0.4 is 0 Å². The van der Waals surface area contributed by atoms with E-state index in [4.69, 9.17) is 0 Å². The van der Waals surface area contributed by atoms with Crippen LogP contribution in [0.5, 0.6) is 0 Å². The molecule has 2 nitrogen and oxygen atoms in total. The molecule has 0 radical (unpaired) electrons. The summed E-state index contributed by atoms with van der Waals surface area (Å²) in [5.41, 5.74) is 5.15. The summed E-state index contributed by atoms with van der Waals surface area (Å²) in [4.78, 5) is 0. The number of nitrogens with zero attached hydrogens (tertiary/aromatic N) is 2. The zero-order valence-electron chi connectivity index (χ0n) is 13.5. The van der Waals surface area contributed by atoms with E-state index < -0.39 is 0 Å². The molecule has 0 amide bonds. The molecule has 0 N–H and O–H groups in total. The van der Waals surface area contributed by atoms with Crippen LogP contribution in [0.4, 0.5) is 0 Å². The van der Waals surface area contributed by atoms with Crippen molar-refractivity contribution < 1.29 is 0 Å². The van der Waals surface area contributed by atoms with E-state index in [1.807, 2.05) is 0 Å². The predicted octanol–water partition coefficient (Wildman–Crippen LogP) is 5.05. The van der Waals surface area contributed by atoms with Crippen molar-refractivity contribution in [1.29, 1.82) is 0 Å². The van der Waals surface area contributed by atoms with E-state index in [-0.39, 0.29) is 0 Å². The van der Waals surface area contributed by atoms with Gasteiger partial charge in [0.25, 0.3) is 0 Å². The molecule has 2 heteroatoms. The summed E-state index contributed by atoms with van der Waals surface area (Å²) in [7, 11) is 0. The molecular formula is C22H20N2. The Balaban J connectivity index is 1.56. The van der Waals surface area contributed by atoms with Gasteiger partial charge in [-0.25, -0.2) is 0 Å². The second kappa shape index (κ2) is 6.63. The van der Waals surface area contributed by atoms with Crippen LogP contribution >= 0.6 is 0 Å². The second-order valence-corrected chi connectivity index (χ2v) is 6.07. The molecule has 2 aromatic carbocycles. The Morgan fingerprint density at radius 1 is 0.583 bits per heavy atom. The van der Waals surface area contributed by atoms with Crippen LogP contribution in [0.25, 0.3) is 11.3 Å². The first kappa shape index (κ1) is 14.6. The van der Waals surface area contributed by atoms with Gasteiger partial charge in [-0.15, -0.1) is 0 Å². The van der Waals surface area contributed by atoms with Gasteiger partial charge < -0.3 is 9.13 Å². The van der Waals surface area contributed by atoms with Gasteiger partial charge in [-0.05, 0) is 29.3 Å². The molecule has 0 aliphatic carbocycles. The van der Waals surface area contributed by atoms with Crippen LogP contribution in [0.2, 0.25) is 0 Å². The molecule has 0 saturated carbocycles. The Bertz CT molecular complexity index is 901. The molecule has 118 valence electrons. The highest BCUT2D eigenvalue weighted by Crippen LogP contribution is 2.22. The SMILES string of the molecule is c1ccc(Cn2ccc(-c3cccn3Cc3ccccc3)c2)cc1. The minimum atomic E-state index is 0.896. The van der Waals surface area contributed by atoms with Crippen molar-refractivity contribution in [3.05, 3.63) is 109 Å². The fraction of sp³-hybridized carbons (Fsp3) is 0.0909. The Hall–Kier alpha value is -3.00. The van der Waals surface area contributed by atoms with Crippen LogP contribution in [-0.2, 0) is 13.1 Å². The number of hydrogen-bond donors (Lipinski definition) is 0. The molecule has 0 bridgehead atoms. The van der Waals surface area contributed by atoms with E-state index in [1.54, 1.807) is 0 Å². The van der Waals surface area contributed by atoms with Gasteiger partial charge in [0.05, 0.1) is 0 Å². The lowest BCUT2D eigenvalue weighted by atomic mass is 10.2. The number of benzene rings is 2. The molecule has 0 aliphatic rings. The molecule has 24 heavy (non-hydrogen) atoms. The van der Waals surface area contributed by atoms with Gasteiger partial charge in [0.1, 0.15) is 0 Å². The minimum absolute atomic E-state index is 0.896. The summed E-state index contributed by atoms with van der Waals surface area (Å²) < 4.78 is 4.54. The highest BCUT2D eigenvalue weighted by atomic mass is 15.0. The van der Waals surface area contributed by atoms with E-state index in [2.05, 4.69) is 107 Å². The Morgan fingerprint density at radius 2 is 1.25 bits per heavy atom. The summed E-state index contributed by atoms with van der Waals surface area (Å²) >= 11 is 0. The van der Waals surface area contributed by atoms with E-state index in [9.17, 15) is 0 Å². The first-order valence-corrected chi connectivity index (χ1v) is 8.28. The van der Waals surface area contributed by atoms with E-state index in [1.165, 1.54) is 22.4 Å². The topological polar surface area (TPSA) is 9.86 Å². The quantitative estimate of drug-likeness (QED) is 0.488. The van der Waals surface area contributed by atoms with Gasteiger partial charge >= 0.3 is 0 Å². The summed E-state index contributed by atoms with van der Waals surface area (Å²) in [6, 6.07) is 27.6. The van der Waals surface area contributed by atoms with Gasteiger partial charge in [0.2, 0.25) is 0 Å². The van der Waals surface area contributed by atoms with Gasteiger partial charge in [-0.3, -0.25) is 0 Å². The number of aromatic nitrogens is 2. The first-order valence-electron chi connectivity index (χ1n) is 8.28. The average Bonchev–Trinajstić information content (AvgIpc) is 3.26. The summed E-state index contributed by atoms with van der Waals surface area (Å²) in [5, 5.41) is 0. The van der Waals surface area contributed by atoms with Gasteiger partial charge in [0, 0.05) is 42.9 Å². The second-order valence-electron chi connectivity index (χ2n) is 6.07. The average molecular weight is 312 g/mol. The van der Waals surface area contributed by atoms with Crippen molar-refractivity contribution in [2.75, 3.05) is 0 Å². The van der Waals surface area contributed by atoms with Crippen LogP contribution in [0, 0.1) is 0 Å². The number of rotatable bonds is 5. The third-order valence-electron chi connectivity index (χ3n) is 4.28. The van der Waals surface area contributed by atoms with Crippen LogP contribution in [-0.4, -0.2) is 9.13 Å². The van der Waals surface area contributed by atoms with Crippen LogP contribution in [0.3, 0.4) is 0 Å². The molecule has 4 rings (SSSR count). The van der Waals surface area contributed by atoms with Gasteiger partial charge in [0.15, 0.2) is 0 Å². The smallest absolute Gasteiger partial charge is 0.0498 e. The Morgan fingerprint density at radius 3 is 1.96 bits per heavy atom. The van der Waals surface area contributed by atoms with Crippen molar-refractivity contribution in [2.24, 2.45) is 0 Å². The standard InChI is InChI=1S/C22H20N2/c1-3-8-19(9-4-1)16-23-15-13-21(18-23)22-12-7-14-24(22)17-20-10-5-2-6-11-20/h1-15,18H,16-17H2. The van der Waals surface area contributed by atoms with E-state index in [0.29, 0.717) is 0 Å². The highest BCUT2D eigenvalue weighted by molar-refractivity contribution is 5.59. The summed E-state index contributed by atoms with van der Waals surface area (Å²) in [6.45, 7) is 1.80. The largest absolute Gasteiger partial charge is 0.349 e. The maximum absolute atomic E-state index is 2.30. The third kappa shape index (κ3) is 3.18. The fourth-order valence-corrected chi connectivity index (χ4v) is 3.08. The van der Waals surface area contributed by atoms with Crippen molar-refractivity contribution >= 4 is 0 Å². The number of hydrogen-bond acceptors (Lipinski definition) is 0. The normalized spacial score (nSPS) is 10.8. The zero-order chi connectivity index (χ0) is 16.2. The molecule has 0 saturated heterocycles. The van der Waals surface area contributed by atoms with Crippen molar-refractivity contribution in [3.8, 4) is 11.3 Å². The Kier molecular flexibility index (Phi) is 4.03. The first-order chi connectivity index (χ1) is 11.9. The molecule has 0 aliphatic heterocycles. The van der Waals surface area contributed by atoms with E-state index in [0.717, 1.165) is 13.1 Å². The molecule has 0 spiro atoms. The molecule has 0 fully saturated rings. The zero-order valence-corrected chi connectivity index (χ0v) is 13.5. The van der Waals surface area contributed by atoms with Gasteiger partial charge in [-0.1, -0.05) is 60.7 Å². The lowest BCUT2D eigenvalue weighted by Gasteiger charge is -2.08. The molecular weight excluding hydrogens is 292 g/mol. The van der Waals surface area contributed by atoms with Crippen molar-refractivity contribution in [2.45, 2.75) is 13.1 Å². The molecule has 4 aromatic rings. The maximum atomic E-state index is 2.30. The minimum Gasteiger partial charge on any atom is -0.349 e. The summed E-state index contributed by atoms with van der Waals surface area (Å²) in [6.07, 6.45) is 6.53. The lowest BCUT2D eigenvalue weighted by Crippen LogP contribution is -2.00. The monoisotopic (exact) mass is 312 g/mol. The Labute approximate surface area is 142 Å². The fourth-order valence-electron chi connectivity index (χ4n) is 3.08. The predicted molar refractivity (Wildman–Crippen MR) is 98.9 cm³/mol. The van der Waals surface area contributed by atoms with Crippen LogP contribution in [0.1, 0.15) is 11.1 Å². The maximum Gasteiger partial charge on any atom is 0.0498 e. The molecule has 0 unspecified atom stereocenters. The molecule has 2 aromatic heterocycles. The van der Waals surface area contributed by atoms with Crippen LogP contribution in [0.15, 0.2) is 97.5 Å². The van der Waals surface area contributed by atoms with Gasteiger partial charge in [-0.2, -0.15) is 0 Å². The van der Waals surface area contributed by atoms with Crippen molar-refractivity contribution in [3.63, 3.8) is 0 Å². The molecule has 2 heterocycles. The highest BCUT2D eigenvalue weighted by Gasteiger charge is 2.06. The third-order valence-corrected chi connectivity index (χ3v) is 4.28. The summed E-state index contributed by atoms with van der Waals surface area (Å²) in [5.74, 6) is 0. The van der Waals surface area contributed by atoms with E-state index >= 15 is 0 Å².